The summed E-state index contributed by atoms with van der Waals surface area (Å²) in [4.78, 5) is 1.50. The lowest BCUT2D eigenvalue weighted by Crippen LogP contribution is -2.24. The van der Waals surface area contributed by atoms with Gasteiger partial charge in [-0.2, -0.15) is 0 Å². The molecule has 0 atom stereocenters. The quantitative estimate of drug-likeness (QED) is 0.825. The molecule has 1 aromatic carbocycles. The van der Waals surface area contributed by atoms with E-state index < -0.39 is 18.8 Å². The van der Waals surface area contributed by atoms with Crippen LogP contribution in [0.3, 0.4) is 0 Å². The number of halogens is 3. The molecule has 6 heteroatoms. The fraction of sp³-hybridized carbons (Fsp3) is 0.364. The van der Waals surface area contributed by atoms with Crippen LogP contribution < -0.4 is 5.73 Å². The molecule has 1 aromatic rings. The Morgan fingerprint density at radius 1 is 1.47 bits per heavy atom. The number of hydrogen-bond donors (Lipinski definition) is 1. The van der Waals surface area contributed by atoms with Crippen molar-refractivity contribution in [3.63, 3.8) is 0 Å². The summed E-state index contributed by atoms with van der Waals surface area (Å²) >= 11 is 4.77. The Kier molecular flexibility index (Phi) is 4.89. The summed E-state index contributed by atoms with van der Waals surface area (Å²) in [6, 6.07) is 4.19. The van der Waals surface area contributed by atoms with Gasteiger partial charge in [0, 0.05) is 17.7 Å². The highest BCUT2D eigenvalue weighted by atomic mass is 32.1. The smallest absolute Gasteiger partial charge is 0.251 e. The summed E-state index contributed by atoms with van der Waals surface area (Å²) in [5.41, 5.74) is 6.25. The predicted octanol–water partition coefficient (Wildman–Crippen LogP) is 2.16. The molecular formula is C11H13F3N2S. The minimum atomic E-state index is -2.44. The van der Waals surface area contributed by atoms with E-state index in [9.17, 15) is 13.2 Å². The maximum absolute atomic E-state index is 13.4. The van der Waals surface area contributed by atoms with Gasteiger partial charge in [-0.15, -0.1) is 0 Å². The van der Waals surface area contributed by atoms with Gasteiger partial charge in [-0.25, -0.2) is 13.2 Å². The van der Waals surface area contributed by atoms with Crippen molar-refractivity contribution in [1.82, 2.24) is 4.90 Å². The molecule has 0 aliphatic carbocycles. The zero-order valence-electron chi connectivity index (χ0n) is 9.29. The molecule has 0 aliphatic rings. The molecule has 0 bridgehead atoms. The fourth-order valence-electron chi connectivity index (χ4n) is 1.44. The third-order valence-electron chi connectivity index (χ3n) is 2.22. The lowest BCUT2D eigenvalue weighted by Gasteiger charge is -2.16. The number of hydrogen-bond acceptors (Lipinski definition) is 2. The van der Waals surface area contributed by atoms with Crippen LogP contribution in [0.25, 0.3) is 0 Å². The second kappa shape index (κ2) is 5.97. The summed E-state index contributed by atoms with van der Waals surface area (Å²) in [5, 5.41) is 0. The Labute approximate surface area is 103 Å². The van der Waals surface area contributed by atoms with Gasteiger partial charge >= 0.3 is 0 Å². The topological polar surface area (TPSA) is 29.3 Å². The van der Waals surface area contributed by atoms with Crippen molar-refractivity contribution in [2.75, 3.05) is 13.6 Å². The first-order valence-electron chi connectivity index (χ1n) is 4.95. The molecule has 0 saturated heterocycles. The molecule has 0 heterocycles. The SMILES string of the molecule is CN(Cc1cc(C(N)=S)ccc1F)CC(F)F. The molecule has 0 aliphatic heterocycles. The number of nitrogens with two attached hydrogens (primary N) is 1. The van der Waals surface area contributed by atoms with Gasteiger partial charge in [0.15, 0.2) is 0 Å². The molecular weight excluding hydrogens is 249 g/mol. The fourth-order valence-corrected chi connectivity index (χ4v) is 1.57. The molecule has 17 heavy (non-hydrogen) atoms. The van der Waals surface area contributed by atoms with Crippen LogP contribution in [0.1, 0.15) is 11.1 Å². The first-order chi connectivity index (χ1) is 7.90. The van der Waals surface area contributed by atoms with E-state index in [0.29, 0.717) is 11.1 Å². The number of nitrogens with zero attached hydrogens (tertiary/aromatic N) is 1. The highest BCUT2D eigenvalue weighted by Gasteiger charge is 2.11. The predicted molar refractivity (Wildman–Crippen MR) is 64.6 cm³/mol. The van der Waals surface area contributed by atoms with Gasteiger partial charge in [-0.3, -0.25) is 4.90 Å². The summed E-state index contributed by atoms with van der Waals surface area (Å²) in [6.07, 6.45) is -2.44. The lowest BCUT2D eigenvalue weighted by atomic mass is 10.1. The Bertz CT molecular complexity index is 410. The normalized spacial score (nSPS) is 11.2. The number of alkyl halides is 2. The standard InChI is InChI=1S/C11H13F3N2S/c1-16(6-10(13)14)5-8-4-7(11(15)17)2-3-9(8)12/h2-4,10H,5-6H2,1H3,(H2,15,17). The molecule has 0 aromatic heterocycles. The molecule has 2 N–H and O–H groups in total. The Hall–Kier alpha value is -1.14. The van der Waals surface area contributed by atoms with E-state index in [4.69, 9.17) is 18.0 Å². The van der Waals surface area contributed by atoms with Gasteiger partial charge in [-0.1, -0.05) is 12.2 Å². The molecule has 0 saturated carbocycles. The van der Waals surface area contributed by atoms with Crippen molar-refractivity contribution in [3.8, 4) is 0 Å². The van der Waals surface area contributed by atoms with Crippen LogP contribution in [-0.2, 0) is 6.54 Å². The average Bonchev–Trinajstić information content (AvgIpc) is 2.19. The van der Waals surface area contributed by atoms with Crippen LogP contribution in [0.5, 0.6) is 0 Å². The van der Waals surface area contributed by atoms with Crippen LogP contribution >= 0.6 is 12.2 Å². The van der Waals surface area contributed by atoms with E-state index in [1.807, 2.05) is 0 Å². The first-order valence-corrected chi connectivity index (χ1v) is 5.36. The van der Waals surface area contributed by atoms with E-state index in [1.54, 1.807) is 0 Å². The Morgan fingerprint density at radius 3 is 2.65 bits per heavy atom. The molecule has 0 radical (unpaired) electrons. The van der Waals surface area contributed by atoms with Crippen molar-refractivity contribution in [2.45, 2.75) is 13.0 Å². The van der Waals surface area contributed by atoms with E-state index in [-0.39, 0.29) is 11.5 Å². The summed E-state index contributed by atoms with van der Waals surface area (Å²) in [7, 11) is 1.50. The molecule has 0 fully saturated rings. The van der Waals surface area contributed by atoms with Gasteiger partial charge in [0.25, 0.3) is 6.43 Å². The summed E-state index contributed by atoms with van der Waals surface area (Å²) < 4.78 is 37.7. The average molecular weight is 262 g/mol. The van der Waals surface area contributed by atoms with E-state index in [0.717, 1.165) is 0 Å². The van der Waals surface area contributed by atoms with E-state index >= 15 is 0 Å². The summed E-state index contributed by atoms with van der Waals surface area (Å²) in [6.45, 7) is -0.316. The van der Waals surface area contributed by atoms with Gasteiger partial charge < -0.3 is 5.73 Å². The van der Waals surface area contributed by atoms with Crippen LogP contribution in [0.4, 0.5) is 13.2 Å². The first kappa shape index (κ1) is 13.9. The van der Waals surface area contributed by atoms with Crippen LogP contribution in [-0.4, -0.2) is 29.9 Å². The van der Waals surface area contributed by atoms with Crippen LogP contribution in [0.15, 0.2) is 18.2 Å². The largest absolute Gasteiger partial charge is 0.389 e. The van der Waals surface area contributed by atoms with Gasteiger partial charge in [0.2, 0.25) is 0 Å². The second-order valence-corrected chi connectivity index (χ2v) is 4.20. The highest BCUT2D eigenvalue weighted by Crippen LogP contribution is 2.13. The maximum atomic E-state index is 13.4. The molecule has 94 valence electrons. The van der Waals surface area contributed by atoms with Gasteiger partial charge in [0.05, 0.1) is 6.54 Å². The molecule has 1 rings (SSSR count). The second-order valence-electron chi connectivity index (χ2n) is 3.76. The van der Waals surface area contributed by atoms with Crippen LogP contribution in [0.2, 0.25) is 0 Å². The number of thiocarbonyl (C=S) groups is 1. The Balaban J connectivity index is 2.82. The van der Waals surface area contributed by atoms with Crippen molar-refractivity contribution in [2.24, 2.45) is 5.73 Å². The maximum Gasteiger partial charge on any atom is 0.251 e. The number of rotatable bonds is 5. The van der Waals surface area contributed by atoms with Gasteiger partial charge in [-0.05, 0) is 25.2 Å². The summed E-state index contributed by atoms with van der Waals surface area (Å²) in [5.74, 6) is -0.453. The van der Waals surface area contributed by atoms with E-state index in [2.05, 4.69) is 0 Å². The van der Waals surface area contributed by atoms with Crippen molar-refractivity contribution in [3.05, 3.63) is 35.1 Å². The highest BCUT2D eigenvalue weighted by molar-refractivity contribution is 7.80. The van der Waals surface area contributed by atoms with Crippen molar-refractivity contribution >= 4 is 17.2 Å². The molecule has 0 amide bonds. The third kappa shape index (κ3) is 4.32. The van der Waals surface area contributed by atoms with Gasteiger partial charge in [0.1, 0.15) is 10.8 Å². The zero-order chi connectivity index (χ0) is 13.0. The monoisotopic (exact) mass is 262 g/mol. The zero-order valence-corrected chi connectivity index (χ0v) is 10.1. The lowest BCUT2D eigenvalue weighted by molar-refractivity contribution is 0.0971. The van der Waals surface area contributed by atoms with Crippen molar-refractivity contribution < 1.29 is 13.2 Å². The Morgan fingerprint density at radius 2 is 2.12 bits per heavy atom. The van der Waals surface area contributed by atoms with Crippen molar-refractivity contribution in [1.29, 1.82) is 0 Å². The molecule has 0 spiro atoms. The minimum Gasteiger partial charge on any atom is -0.389 e. The molecule has 2 nitrogen and oxygen atoms in total. The third-order valence-corrected chi connectivity index (χ3v) is 2.46. The minimum absolute atomic E-state index is 0.0899. The molecule has 0 unspecified atom stereocenters. The number of benzene rings is 1. The van der Waals surface area contributed by atoms with E-state index in [1.165, 1.54) is 30.1 Å². The van der Waals surface area contributed by atoms with Crippen LogP contribution in [0, 0.1) is 5.82 Å².